The van der Waals surface area contributed by atoms with Crippen molar-refractivity contribution < 1.29 is 31.9 Å². The van der Waals surface area contributed by atoms with Crippen LogP contribution >= 0.6 is 0 Å². The lowest BCUT2D eigenvalue weighted by Gasteiger charge is -2.44. The summed E-state index contributed by atoms with van der Waals surface area (Å²) in [5, 5.41) is 6.99. The van der Waals surface area contributed by atoms with Crippen molar-refractivity contribution >= 4 is 12.0 Å². The number of aromatic nitrogens is 2. The molecule has 1 aromatic heterocycles. The van der Waals surface area contributed by atoms with Crippen LogP contribution in [0.3, 0.4) is 0 Å². The Kier molecular flexibility index (Phi) is 5.91. The van der Waals surface area contributed by atoms with E-state index in [2.05, 4.69) is 10.2 Å². The van der Waals surface area contributed by atoms with Gasteiger partial charge >= 0.3 is 12.5 Å². The van der Waals surface area contributed by atoms with E-state index < -0.39 is 30.3 Å². The number of carbonyl (C=O) groups is 2. The lowest BCUT2D eigenvalue weighted by atomic mass is 9.89. The predicted octanol–water partition coefficient (Wildman–Crippen LogP) is 4.74. The minimum atomic E-state index is -2.89. The zero-order valence-electron chi connectivity index (χ0n) is 18.7. The van der Waals surface area contributed by atoms with E-state index in [1.165, 1.54) is 19.2 Å². The van der Waals surface area contributed by atoms with Crippen LogP contribution in [-0.2, 0) is 11.3 Å². The highest BCUT2D eigenvalue weighted by Crippen LogP contribution is 2.39. The Labute approximate surface area is 198 Å². The highest BCUT2D eigenvalue weighted by molar-refractivity contribution is 5.99. The number of rotatable bonds is 4. The van der Waals surface area contributed by atoms with Crippen LogP contribution < -0.4 is 0 Å². The van der Waals surface area contributed by atoms with Gasteiger partial charge in [-0.3, -0.25) is 9.69 Å². The van der Waals surface area contributed by atoms with Gasteiger partial charge < -0.3 is 14.1 Å². The number of nitrogens with zero attached hydrogens (tertiary/aromatic N) is 4. The lowest BCUT2D eigenvalue weighted by Crippen LogP contribution is -2.52. The molecule has 1 fully saturated rings. The van der Waals surface area contributed by atoms with Gasteiger partial charge in [0.15, 0.2) is 0 Å². The van der Waals surface area contributed by atoms with Crippen LogP contribution in [0.1, 0.15) is 52.7 Å². The predicted molar refractivity (Wildman–Crippen MR) is 116 cm³/mol. The van der Waals surface area contributed by atoms with Crippen LogP contribution in [0.2, 0.25) is 0 Å². The van der Waals surface area contributed by atoms with Crippen molar-refractivity contribution in [1.29, 1.82) is 0 Å². The second-order valence-corrected chi connectivity index (χ2v) is 8.42. The molecule has 1 saturated heterocycles. The van der Waals surface area contributed by atoms with Crippen molar-refractivity contribution in [3.63, 3.8) is 0 Å². The smallest absolute Gasteiger partial charge is 0.410 e. The first kappa shape index (κ1) is 22.9. The minimum Gasteiger partial charge on any atom is -0.453 e. The van der Waals surface area contributed by atoms with Gasteiger partial charge in [-0.25, -0.2) is 9.18 Å². The Morgan fingerprint density at radius 2 is 1.94 bits per heavy atom. The number of piperidine rings is 1. The molecule has 2 aliphatic rings. The van der Waals surface area contributed by atoms with Crippen molar-refractivity contribution in [3.05, 3.63) is 70.9 Å². The average Bonchev–Trinajstić information content (AvgIpc) is 3.49. The maximum atomic E-state index is 13.6. The summed E-state index contributed by atoms with van der Waals surface area (Å²) in [5.41, 5.74) is 2.19. The molecule has 3 heterocycles. The normalized spacial score (nSPS) is 19.9. The summed E-state index contributed by atoms with van der Waals surface area (Å²) in [6, 6.07) is 9.85. The summed E-state index contributed by atoms with van der Waals surface area (Å²) in [6.45, 7) is 0.742. The maximum absolute atomic E-state index is 13.6. The first-order valence-corrected chi connectivity index (χ1v) is 11.0. The van der Waals surface area contributed by atoms with Gasteiger partial charge in [-0.15, -0.1) is 10.2 Å². The molecule has 0 spiro atoms. The van der Waals surface area contributed by atoms with Gasteiger partial charge in [0.1, 0.15) is 5.82 Å². The third-order valence-electron chi connectivity index (χ3n) is 6.44. The number of amides is 2. The molecule has 2 atom stereocenters. The van der Waals surface area contributed by atoms with Crippen molar-refractivity contribution in [1.82, 2.24) is 20.0 Å². The van der Waals surface area contributed by atoms with Crippen LogP contribution in [0.25, 0.3) is 11.5 Å². The molecule has 3 aromatic rings. The summed E-state index contributed by atoms with van der Waals surface area (Å²) in [6.07, 6.45) is -2.14. The molecule has 35 heavy (non-hydrogen) atoms. The number of halogens is 3. The maximum Gasteiger partial charge on any atom is 0.410 e. The van der Waals surface area contributed by atoms with Crippen LogP contribution in [0.4, 0.5) is 18.0 Å². The number of methoxy groups -OCH3 is 1. The number of benzene rings is 2. The monoisotopic (exact) mass is 486 g/mol. The fourth-order valence-corrected chi connectivity index (χ4v) is 4.85. The van der Waals surface area contributed by atoms with E-state index in [0.29, 0.717) is 42.6 Å². The van der Waals surface area contributed by atoms with Crippen LogP contribution in [-0.4, -0.2) is 51.7 Å². The van der Waals surface area contributed by atoms with Crippen LogP contribution in [0, 0.1) is 5.82 Å². The molecule has 2 amide bonds. The van der Waals surface area contributed by atoms with E-state index in [-0.39, 0.29) is 17.8 Å². The molecule has 0 radical (unpaired) electrons. The van der Waals surface area contributed by atoms with Gasteiger partial charge in [0.2, 0.25) is 5.89 Å². The summed E-state index contributed by atoms with van der Waals surface area (Å²) >= 11 is 0. The summed E-state index contributed by atoms with van der Waals surface area (Å²) < 4.78 is 49.3. The molecule has 0 N–H and O–H groups in total. The summed E-state index contributed by atoms with van der Waals surface area (Å²) in [4.78, 5) is 29.3. The van der Waals surface area contributed by atoms with Crippen molar-refractivity contribution in [2.45, 2.75) is 37.9 Å². The van der Waals surface area contributed by atoms with E-state index in [4.69, 9.17) is 9.15 Å². The van der Waals surface area contributed by atoms with E-state index in [0.717, 1.165) is 5.56 Å². The van der Waals surface area contributed by atoms with Gasteiger partial charge in [-0.1, -0.05) is 18.2 Å². The highest BCUT2D eigenvalue weighted by atomic mass is 19.3. The van der Waals surface area contributed by atoms with E-state index in [1.54, 1.807) is 40.1 Å². The lowest BCUT2D eigenvalue weighted by molar-refractivity contribution is 0.0283. The van der Waals surface area contributed by atoms with Gasteiger partial charge in [-0.05, 0) is 48.2 Å². The van der Waals surface area contributed by atoms with Crippen molar-refractivity contribution in [2.75, 3.05) is 13.7 Å². The number of likely N-dealkylation sites (tertiary alicyclic amines) is 1. The molecule has 11 heteroatoms. The second kappa shape index (κ2) is 9.05. The largest absolute Gasteiger partial charge is 0.453 e. The van der Waals surface area contributed by atoms with Crippen molar-refractivity contribution in [2.24, 2.45) is 0 Å². The average molecular weight is 486 g/mol. The molecule has 182 valence electrons. The summed E-state index contributed by atoms with van der Waals surface area (Å²) in [7, 11) is 1.29. The SMILES string of the molecule is COC(=O)N1CCC[C@@H](N2Cc3ccc(-c4nnc(C(F)F)o4)cc3C2=O)[C@H]1c1ccc(F)cc1. The molecule has 8 nitrogen and oxygen atoms in total. The highest BCUT2D eigenvalue weighted by Gasteiger charge is 2.43. The quantitative estimate of drug-likeness (QED) is 0.529. The molecule has 5 rings (SSSR count). The van der Waals surface area contributed by atoms with E-state index >= 15 is 0 Å². The van der Waals surface area contributed by atoms with E-state index in [9.17, 15) is 22.8 Å². The number of fused-ring (bicyclic) bond motifs is 1. The number of alkyl halides is 2. The van der Waals surface area contributed by atoms with Gasteiger partial charge in [0.05, 0.1) is 19.2 Å². The van der Waals surface area contributed by atoms with Crippen molar-refractivity contribution in [3.8, 4) is 11.5 Å². The molecule has 0 saturated carbocycles. The zero-order valence-corrected chi connectivity index (χ0v) is 18.7. The Balaban J connectivity index is 1.47. The van der Waals surface area contributed by atoms with Gasteiger partial charge in [0.25, 0.3) is 11.8 Å². The van der Waals surface area contributed by atoms with Crippen LogP contribution in [0.5, 0.6) is 0 Å². The molecule has 0 aliphatic carbocycles. The molecule has 2 aromatic carbocycles. The molecule has 0 unspecified atom stereocenters. The third-order valence-corrected chi connectivity index (χ3v) is 6.44. The fourth-order valence-electron chi connectivity index (χ4n) is 4.85. The van der Waals surface area contributed by atoms with Gasteiger partial charge in [-0.2, -0.15) is 8.78 Å². The second-order valence-electron chi connectivity index (χ2n) is 8.42. The number of hydrogen-bond acceptors (Lipinski definition) is 6. The standard InChI is InChI=1S/C24H21F3N4O4/c1-34-24(33)30-10-2-3-18(19(30)13-6-8-16(25)9-7-13)31-12-15-5-4-14(11-17(15)23(31)32)21-28-29-22(35-21)20(26)27/h4-9,11,18-20H,2-3,10,12H2,1H3/t18-,19-/m1/s1. The zero-order chi connectivity index (χ0) is 24.7. The summed E-state index contributed by atoms with van der Waals surface area (Å²) in [5.74, 6) is -1.56. The Bertz CT molecular complexity index is 1260. The minimum absolute atomic E-state index is 0.104. The number of hydrogen-bond donors (Lipinski definition) is 0. The van der Waals surface area contributed by atoms with Crippen LogP contribution in [0.15, 0.2) is 46.9 Å². The Morgan fingerprint density at radius 1 is 1.17 bits per heavy atom. The fraction of sp³-hybridized carbons (Fsp3) is 0.333. The Morgan fingerprint density at radius 3 is 2.63 bits per heavy atom. The topological polar surface area (TPSA) is 88.8 Å². The van der Waals surface area contributed by atoms with E-state index in [1.807, 2.05) is 0 Å². The molecular weight excluding hydrogens is 465 g/mol. The first-order valence-electron chi connectivity index (χ1n) is 11.0. The number of carbonyl (C=O) groups excluding carboxylic acids is 2. The van der Waals surface area contributed by atoms with Gasteiger partial charge in [0, 0.05) is 24.2 Å². The third kappa shape index (κ3) is 4.11. The molecule has 2 aliphatic heterocycles. The molecular formula is C24H21F3N4O4. The Hall–Kier alpha value is -3.89. The number of ether oxygens (including phenoxy) is 1. The molecule has 0 bridgehead atoms. The first-order chi connectivity index (χ1) is 16.9.